The van der Waals surface area contributed by atoms with Crippen LogP contribution in [-0.2, 0) is 9.59 Å². The van der Waals surface area contributed by atoms with Gasteiger partial charge in [-0.25, -0.2) is 9.37 Å². The van der Waals surface area contributed by atoms with Crippen LogP contribution in [-0.4, -0.2) is 28.0 Å². The second-order valence-electron chi connectivity index (χ2n) is 7.19. The summed E-state index contributed by atoms with van der Waals surface area (Å²) in [5.74, 6) is -0.827. The van der Waals surface area contributed by atoms with Crippen LogP contribution in [0.25, 0.3) is 10.6 Å². The van der Waals surface area contributed by atoms with E-state index in [0.717, 1.165) is 21.1 Å². The zero-order valence-corrected chi connectivity index (χ0v) is 19.4. The van der Waals surface area contributed by atoms with E-state index in [1.54, 1.807) is 11.3 Å². The monoisotopic (exact) mass is 490 g/mol. The molecule has 1 aromatic heterocycles. The molecule has 32 heavy (non-hydrogen) atoms. The van der Waals surface area contributed by atoms with Crippen LogP contribution in [0.1, 0.15) is 23.0 Å². The number of benzene rings is 2. The number of nitrogens with one attached hydrogen (secondary N) is 3. The molecule has 10 heteroatoms. The van der Waals surface area contributed by atoms with Crippen molar-refractivity contribution in [2.24, 2.45) is 0 Å². The Morgan fingerprint density at radius 1 is 1.31 bits per heavy atom. The average molecular weight is 491 g/mol. The van der Waals surface area contributed by atoms with Crippen LogP contribution >= 0.6 is 34.7 Å². The van der Waals surface area contributed by atoms with Crippen LogP contribution in [0.5, 0.6) is 0 Å². The summed E-state index contributed by atoms with van der Waals surface area (Å²) in [5, 5.41) is 9.77. The molecular formula is C22H20ClFN4O2S2. The van der Waals surface area contributed by atoms with Crippen LogP contribution in [0.2, 0.25) is 5.02 Å². The molecule has 0 bridgehead atoms. The molecule has 0 aliphatic carbocycles. The summed E-state index contributed by atoms with van der Waals surface area (Å²) in [6.45, 7) is 1.94. The standard InChI is InChI=1S/C22H20ClFN4O2S2/c1-12-20(32-21(25-12)13-5-3-2-4-6-13)17-10-18(29)28-22(27-17)31-11-19(30)26-14-7-8-16(24)15(23)9-14/h2-9,17,22,27H,10-11H2,1H3,(H,26,30)(H,28,29). The fraction of sp³-hybridized carbons (Fsp3) is 0.227. The number of amides is 2. The van der Waals surface area contributed by atoms with Gasteiger partial charge in [-0.15, -0.1) is 23.1 Å². The Morgan fingerprint density at radius 3 is 2.84 bits per heavy atom. The average Bonchev–Trinajstić information content (AvgIpc) is 3.17. The molecule has 3 aromatic rings. The number of thiazole rings is 1. The number of halogens is 2. The van der Waals surface area contributed by atoms with Crippen molar-refractivity contribution in [1.82, 2.24) is 15.6 Å². The van der Waals surface area contributed by atoms with E-state index in [1.807, 2.05) is 37.3 Å². The molecule has 1 saturated heterocycles. The van der Waals surface area contributed by atoms with E-state index in [0.29, 0.717) is 12.1 Å². The number of anilines is 1. The first kappa shape index (κ1) is 22.7. The quantitative estimate of drug-likeness (QED) is 0.466. The van der Waals surface area contributed by atoms with Crippen molar-refractivity contribution < 1.29 is 14.0 Å². The van der Waals surface area contributed by atoms with E-state index in [9.17, 15) is 14.0 Å². The summed E-state index contributed by atoms with van der Waals surface area (Å²) < 4.78 is 13.3. The Labute approximate surface area is 198 Å². The molecule has 2 unspecified atom stereocenters. The first-order chi connectivity index (χ1) is 15.4. The Kier molecular flexibility index (Phi) is 7.10. The Morgan fingerprint density at radius 2 is 2.09 bits per heavy atom. The molecular weight excluding hydrogens is 471 g/mol. The number of carbonyl (C=O) groups is 2. The van der Waals surface area contributed by atoms with E-state index in [1.165, 1.54) is 30.0 Å². The number of aryl methyl sites for hydroxylation is 1. The number of thioether (sulfide) groups is 1. The van der Waals surface area contributed by atoms with Gasteiger partial charge in [0.1, 0.15) is 16.3 Å². The molecule has 6 nitrogen and oxygen atoms in total. The third-order valence-corrected chi connectivity index (χ3v) is 7.41. The Hall–Kier alpha value is -2.46. The number of nitrogens with zero attached hydrogens (tertiary/aromatic N) is 1. The molecule has 0 saturated carbocycles. The lowest BCUT2D eigenvalue weighted by molar-refractivity contribution is -0.123. The minimum Gasteiger partial charge on any atom is -0.332 e. The van der Waals surface area contributed by atoms with Crippen molar-refractivity contribution in [3.63, 3.8) is 0 Å². The van der Waals surface area contributed by atoms with Gasteiger partial charge < -0.3 is 10.6 Å². The second-order valence-corrected chi connectivity index (χ2v) is 9.72. The van der Waals surface area contributed by atoms with E-state index in [4.69, 9.17) is 11.6 Å². The van der Waals surface area contributed by atoms with Gasteiger partial charge in [0.15, 0.2) is 0 Å². The van der Waals surface area contributed by atoms with Gasteiger partial charge in [-0.3, -0.25) is 14.9 Å². The van der Waals surface area contributed by atoms with Crippen LogP contribution in [0.4, 0.5) is 10.1 Å². The van der Waals surface area contributed by atoms with Gasteiger partial charge in [-0.1, -0.05) is 41.9 Å². The maximum atomic E-state index is 13.3. The molecule has 2 amide bonds. The smallest absolute Gasteiger partial charge is 0.234 e. The Bertz CT molecular complexity index is 1140. The highest BCUT2D eigenvalue weighted by Crippen LogP contribution is 2.34. The maximum Gasteiger partial charge on any atom is 0.234 e. The van der Waals surface area contributed by atoms with E-state index in [-0.39, 0.29) is 28.6 Å². The largest absolute Gasteiger partial charge is 0.332 e. The second kappa shape index (κ2) is 9.99. The fourth-order valence-corrected chi connectivity index (χ4v) is 5.48. The third-order valence-electron chi connectivity index (χ3n) is 4.79. The summed E-state index contributed by atoms with van der Waals surface area (Å²) in [5.41, 5.74) is 1.91. The highest BCUT2D eigenvalue weighted by molar-refractivity contribution is 8.00. The molecule has 166 valence electrons. The molecule has 1 aliphatic rings. The number of rotatable bonds is 6. The summed E-state index contributed by atoms with van der Waals surface area (Å²) in [4.78, 5) is 30.3. The van der Waals surface area contributed by atoms with Crippen LogP contribution in [0, 0.1) is 12.7 Å². The van der Waals surface area contributed by atoms with Gasteiger partial charge in [0, 0.05) is 22.5 Å². The van der Waals surface area contributed by atoms with Gasteiger partial charge in [-0.2, -0.15) is 0 Å². The lowest BCUT2D eigenvalue weighted by atomic mass is 10.1. The molecule has 1 aliphatic heterocycles. The van der Waals surface area contributed by atoms with Gasteiger partial charge in [0.2, 0.25) is 11.8 Å². The van der Waals surface area contributed by atoms with E-state index in [2.05, 4.69) is 20.9 Å². The van der Waals surface area contributed by atoms with Crippen molar-refractivity contribution in [2.45, 2.75) is 24.9 Å². The molecule has 2 atom stereocenters. The number of hydrogen-bond acceptors (Lipinski definition) is 6. The highest BCUT2D eigenvalue weighted by atomic mass is 35.5. The van der Waals surface area contributed by atoms with Crippen molar-refractivity contribution in [1.29, 1.82) is 0 Å². The van der Waals surface area contributed by atoms with Crippen LogP contribution < -0.4 is 16.0 Å². The van der Waals surface area contributed by atoms with Gasteiger partial charge in [0.05, 0.1) is 22.5 Å². The van der Waals surface area contributed by atoms with Crippen molar-refractivity contribution in [2.75, 3.05) is 11.1 Å². The summed E-state index contributed by atoms with van der Waals surface area (Å²) in [7, 11) is 0. The van der Waals surface area contributed by atoms with Crippen molar-refractivity contribution in [3.8, 4) is 10.6 Å². The van der Waals surface area contributed by atoms with Crippen molar-refractivity contribution >= 4 is 52.2 Å². The van der Waals surface area contributed by atoms with Crippen LogP contribution in [0.15, 0.2) is 48.5 Å². The van der Waals surface area contributed by atoms with E-state index < -0.39 is 11.3 Å². The first-order valence-electron chi connectivity index (χ1n) is 9.83. The van der Waals surface area contributed by atoms with Gasteiger partial charge >= 0.3 is 0 Å². The molecule has 3 N–H and O–H groups in total. The molecule has 2 aromatic carbocycles. The molecule has 4 rings (SSSR count). The maximum absolute atomic E-state index is 13.3. The molecule has 0 spiro atoms. The zero-order valence-electron chi connectivity index (χ0n) is 17.0. The van der Waals surface area contributed by atoms with Gasteiger partial charge in [0.25, 0.3) is 0 Å². The lowest BCUT2D eigenvalue weighted by Crippen LogP contribution is -2.51. The Balaban J connectivity index is 1.38. The van der Waals surface area contributed by atoms with E-state index >= 15 is 0 Å². The summed E-state index contributed by atoms with van der Waals surface area (Å²) >= 11 is 8.58. The third kappa shape index (κ3) is 5.47. The first-order valence-corrected chi connectivity index (χ1v) is 12.1. The summed E-state index contributed by atoms with van der Waals surface area (Å²) in [6, 6.07) is 13.7. The SMILES string of the molecule is Cc1nc(-c2ccccc2)sc1C1CC(=O)NC(SCC(=O)Nc2ccc(F)c(Cl)c2)N1. The number of carbonyl (C=O) groups excluding carboxylic acids is 2. The van der Waals surface area contributed by atoms with Gasteiger partial charge in [-0.05, 0) is 25.1 Å². The molecule has 0 radical (unpaired) electrons. The summed E-state index contributed by atoms with van der Waals surface area (Å²) in [6.07, 6.45) is 0.300. The lowest BCUT2D eigenvalue weighted by Gasteiger charge is -2.30. The normalized spacial score (nSPS) is 18.3. The minimum absolute atomic E-state index is 0.0608. The fourth-order valence-electron chi connectivity index (χ4n) is 3.30. The molecule has 1 fully saturated rings. The number of aromatic nitrogens is 1. The predicted molar refractivity (Wildman–Crippen MR) is 127 cm³/mol. The zero-order chi connectivity index (χ0) is 22.7. The van der Waals surface area contributed by atoms with Crippen molar-refractivity contribution in [3.05, 3.63) is 69.9 Å². The topological polar surface area (TPSA) is 83.1 Å². The number of hydrogen-bond donors (Lipinski definition) is 3. The molecule has 2 heterocycles. The minimum atomic E-state index is -0.548. The van der Waals surface area contributed by atoms with Crippen LogP contribution in [0.3, 0.4) is 0 Å². The predicted octanol–water partition coefficient (Wildman–Crippen LogP) is 4.72. The highest BCUT2D eigenvalue weighted by Gasteiger charge is 2.30.